The van der Waals surface area contributed by atoms with Crippen molar-refractivity contribution in [3.8, 4) is 6.01 Å². The number of nitrogens with two attached hydrogens (primary N) is 1. The Morgan fingerprint density at radius 3 is 2.60 bits per heavy atom. The number of nitrogen functional groups attached to an aromatic ring is 1. The van der Waals surface area contributed by atoms with Crippen LogP contribution in [0.2, 0.25) is 5.02 Å². The largest absolute Gasteiger partial charge is 0.467 e. The summed E-state index contributed by atoms with van der Waals surface area (Å²) < 4.78 is 5.00. The van der Waals surface area contributed by atoms with Crippen LogP contribution >= 0.6 is 11.6 Å². The van der Waals surface area contributed by atoms with E-state index in [1.165, 1.54) is 7.11 Å². The van der Waals surface area contributed by atoms with Crippen molar-refractivity contribution in [1.29, 1.82) is 0 Å². The van der Waals surface area contributed by atoms with Crippen LogP contribution in [-0.4, -0.2) is 29.1 Å². The molecule has 0 saturated carbocycles. The zero-order chi connectivity index (χ0) is 14.7. The average molecular weight is 294 g/mol. The molecule has 106 valence electrons. The number of nitrogens with zero attached hydrogens (tertiary/aromatic N) is 4. The molecule has 0 fully saturated rings. The van der Waals surface area contributed by atoms with E-state index in [4.69, 9.17) is 22.1 Å². The maximum Gasteiger partial charge on any atom is 0.322 e. The minimum absolute atomic E-state index is 0.0183. The van der Waals surface area contributed by atoms with Crippen molar-refractivity contribution >= 4 is 23.5 Å². The number of anilines is 2. The standard InChI is InChI=1S/C13H16ClN5O/c1-8(9-6-4-5-7-10(9)14)19(2)12-16-11(15)17-13(18-12)20-3/h4-8H,1-3H3,(H2,15,16,17,18). The number of hydrogen-bond donors (Lipinski definition) is 1. The maximum atomic E-state index is 6.21. The maximum absolute atomic E-state index is 6.21. The smallest absolute Gasteiger partial charge is 0.322 e. The van der Waals surface area contributed by atoms with Crippen molar-refractivity contribution in [2.24, 2.45) is 0 Å². The molecule has 1 unspecified atom stereocenters. The third kappa shape index (κ3) is 2.91. The van der Waals surface area contributed by atoms with Gasteiger partial charge in [0.1, 0.15) is 0 Å². The molecule has 0 saturated heterocycles. The van der Waals surface area contributed by atoms with Gasteiger partial charge in [0.05, 0.1) is 13.2 Å². The second-order valence-corrected chi connectivity index (χ2v) is 4.70. The molecule has 2 N–H and O–H groups in total. The number of halogens is 1. The third-order valence-electron chi connectivity index (χ3n) is 3.05. The highest BCUT2D eigenvalue weighted by molar-refractivity contribution is 6.31. The van der Waals surface area contributed by atoms with E-state index in [-0.39, 0.29) is 18.0 Å². The molecular weight excluding hydrogens is 278 g/mol. The van der Waals surface area contributed by atoms with Crippen molar-refractivity contribution in [1.82, 2.24) is 15.0 Å². The molecule has 0 spiro atoms. The normalized spacial score (nSPS) is 12.0. The number of rotatable bonds is 4. The van der Waals surface area contributed by atoms with E-state index in [1.807, 2.05) is 43.1 Å². The van der Waals surface area contributed by atoms with Crippen LogP contribution in [-0.2, 0) is 0 Å². The summed E-state index contributed by atoms with van der Waals surface area (Å²) in [6.07, 6.45) is 0. The summed E-state index contributed by atoms with van der Waals surface area (Å²) in [5.41, 5.74) is 6.63. The van der Waals surface area contributed by atoms with Crippen LogP contribution in [0.25, 0.3) is 0 Å². The minimum atomic E-state index is -0.0183. The Hall–Kier alpha value is -2.08. The van der Waals surface area contributed by atoms with Gasteiger partial charge in [-0.1, -0.05) is 29.8 Å². The minimum Gasteiger partial charge on any atom is -0.467 e. The lowest BCUT2D eigenvalue weighted by molar-refractivity contribution is 0.378. The Morgan fingerprint density at radius 1 is 1.25 bits per heavy atom. The van der Waals surface area contributed by atoms with Crippen LogP contribution in [0.15, 0.2) is 24.3 Å². The molecular formula is C13H16ClN5O. The van der Waals surface area contributed by atoms with Gasteiger partial charge in [0.25, 0.3) is 0 Å². The highest BCUT2D eigenvalue weighted by Crippen LogP contribution is 2.28. The SMILES string of the molecule is COc1nc(N)nc(N(C)C(C)c2ccccc2Cl)n1. The predicted molar refractivity (Wildman–Crippen MR) is 79.1 cm³/mol. The summed E-state index contributed by atoms with van der Waals surface area (Å²) >= 11 is 6.21. The summed E-state index contributed by atoms with van der Waals surface area (Å²) in [6, 6.07) is 7.81. The van der Waals surface area contributed by atoms with Gasteiger partial charge < -0.3 is 15.4 Å². The molecule has 1 heterocycles. The molecule has 2 rings (SSSR count). The van der Waals surface area contributed by atoms with Gasteiger partial charge in [-0.3, -0.25) is 0 Å². The summed E-state index contributed by atoms with van der Waals surface area (Å²) in [5.74, 6) is 0.548. The lowest BCUT2D eigenvalue weighted by atomic mass is 10.1. The highest BCUT2D eigenvalue weighted by Gasteiger charge is 2.18. The Kier molecular flexibility index (Phi) is 4.24. The summed E-state index contributed by atoms with van der Waals surface area (Å²) in [7, 11) is 3.35. The molecule has 7 heteroatoms. The summed E-state index contributed by atoms with van der Waals surface area (Å²) in [6.45, 7) is 2.01. The quantitative estimate of drug-likeness (QED) is 0.932. The average Bonchev–Trinajstić information content (AvgIpc) is 2.45. The molecule has 6 nitrogen and oxygen atoms in total. The molecule has 0 aliphatic rings. The van der Waals surface area contributed by atoms with Crippen molar-refractivity contribution in [2.75, 3.05) is 24.8 Å². The van der Waals surface area contributed by atoms with E-state index < -0.39 is 0 Å². The summed E-state index contributed by atoms with van der Waals surface area (Å²) in [5, 5.41) is 0.695. The number of aromatic nitrogens is 3. The monoisotopic (exact) mass is 293 g/mol. The van der Waals surface area contributed by atoms with Crippen LogP contribution in [0.4, 0.5) is 11.9 Å². The van der Waals surface area contributed by atoms with E-state index in [1.54, 1.807) is 0 Å². The first-order valence-electron chi connectivity index (χ1n) is 6.05. The van der Waals surface area contributed by atoms with Crippen LogP contribution in [0.5, 0.6) is 6.01 Å². The fourth-order valence-corrected chi connectivity index (χ4v) is 2.10. The van der Waals surface area contributed by atoms with Crippen LogP contribution in [0, 0.1) is 0 Å². The molecule has 1 aromatic carbocycles. The molecule has 0 amide bonds. The van der Waals surface area contributed by atoms with Gasteiger partial charge in [-0.15, -0.1) is 0 Å². The van der Waals surface area contributed by atoms with E-state index in [2.05, 4.69) is 15.0 Å². The van der Waals surface area contributed by atoms with Crippen LogP contribution < -0.4 is 15.4 Å². The third-order valence-corrected chi connectivity index (χ3v) is 3.40. The van der Waals surface area contributed by atoms with Gasteiger partial charge >= 0.3 is 6.01 Å². The lowest BCUT2D eigenvalue weighted by Gasteiger charge is -2.26. The van der Waals surface area contributed by atoms with E-state index in [0.29, 0.717) is 11.0 Å². The second kappa shape index (κ2) is 5.92. The van der Waals surface area contributed by atoms with Crippen LogP contribution in [0.3, 0.4) is 0 Å². The van der Waals surface area contributed by atoms with Gasteiger partial charge in [0, 0.05) is 12.1 Å². The van der Waals surface area contributed by atoms with Gasteiger partial charge in [-0.05, 0) is 18.6 Å². The van der Waals surface area contributed by atoms with Gasteiger partial charge in [0.15, 0.2) is 0 Å². The Bertz CT molecular complexity index is 607. The lowest BCUT2D eigenvalue weighted by Crippen LogP contribution is -2.24. The van der Waals surface area contributed by atoms with Crippen molar-refractivity contribution in [2.45, 2.75) is 13.0 Å². The van der Waals surface area contributed by atoms with Gasteiger partial charge in [-0.2, -0.15) is 15.0 Å². The first-order valence-corrected chi connectivity index (χ1v) is 6.43. The second-order valence-electron chi connectivity index (χ2n) is 4.29. The molecule has 1 aromatic heterocycles. The molecule has 0 radical (unpaired) electrons. The number of benzene rings is 1. The van der Waals surface area contributed by atoms with Gasteiger partial charge in [0.2, 0.25) is 11.9 Å². The fraction of sp³-hybridized carbons (Fsp3) is 0.308. The molecule has 0 aliphatic carbocycles. The molecule has 0 aliphatic heterocycles. The first kappa shape index (κ1) is 14.3. The number of methoxy groups -OCH3 is 1. The van der Waals surface area contributed by atoms with E-state index >= 15 is 0 Å². The van der Waals surface area contributed by atoms with Crippen molar-refractivity contribution in [3.63, 3.8) is 0 Å². The molecule has 1 atom stereocenters. The van der Waals surface area contributed by atoms with Gasteiger partial charge in [-0.25, -0.2) is 0 Å². The van der Waals surface area contributed by atoms with Crippen LogP contribution in [0.1, 0.15) is 18.5 Å². The Labute approximate surface area is 122 Å². The van der Waals surface area contributed by atoms with E-state index in [9.17, 15) is 0 Å². The van der Waals surface area contributed by atoms with Crippen molar-refractivity contribution in [3.05, 3.63) is 34.9 Å². The Balaban J connectivity index is 2.33. The first-order chi connectivity index (χ1) is 9.52. The fourth-order valence-electron chi connectivity index (χ4n) is 1.81. The highest BCUT2D eigenvalue weighted by atomic mass is 35.5. The summed E-state index contributed by atoms with van der Waals surface area (Å²) in [4.78, 5) is 14.0. The Morgan fingerprint density at radius 2 is 1.95 bits per heavy atom. The predicted octanol–water partition coefficient (Wildman–Crippen LogP) is 2.31. The number of ether oxygens (including phenoxy) is 1. The molecule has 20 heavy (non-hydrogen) atoms. The zero-order valence-corrected chi connectivity index (χ0v) is 12.3. The van der Waals surface area contributed by atoms with Crippen molar-refractivity contribution < 1.29 is 4.74 Å². The molecule has 2 aromatic rings. The topological polar surface area (TPSA) is 77.2 Å². The van der Waals surface area contributed by atoms with E-state index in [0.717, 1.165) is 5.56 Å². The number of hydrogen-bond acceptors (Lipinski definition) is 6. The zero-order valence-electron chi connectivity index (χ0n) is 11.5. The molecule has 0 bridgehead atoms.